The van der Waals surface area contributed by atoms with E-state index in [2.05, 4.69) is 12.2 Å². The van der Waals surface area contributed by atoms with Gasteiger partial charge in [-0.2, -0.15) is 0 Å². The Morgan fingerprint density at radius 2 is 1.29 bits per heavy atom. The summed E-state index contributed by atoms with van der Waals surface area (Å²) in [5.74, 6) is 3.72. The summed E-state index contributed by atoms with van der Waals surface area (Å²) >= 11 is 0. The molecule has 262 valence electrons. The van der Waals surface area contributed by atoms with E-state index < -0.39 is 18.0 Å². The smallest absolute Gasteiger partial charge is 0.347 e. The average Bonchev–Trinajstić information content (AvgIpc) is 3.76. The highest BCUT2D eigenvalue weighted by Crippen LogP contribution is 2.45. The van der Waals surface area contributed by atoms with Crippen molar-refractivity contribution in [3.8, 4) is 28.4 Å². The van der Waals surface area contributed by atoms with Gasteiger partial charge in [0.2, 0.25) is 0 Å². The molecule has 0 aromatic heterocycles. The lowest BCUT2D eigenvalue weighted by atomic mass is 9.88. The van der Waals surface area contributed by atoms with Crippen molar-refractivity contribution >= 4 is 11.9 Å². The highest BCUT2D eigenvalue weighted by Gasteiger charge is 2.34. The standard InChI is InChI=1S/C43H54O6/c1-3-4-28-47-42(44)32(2)48-40-24-26-41(27-25-40)49-43(45)36-18-16-34(17-19-36)35-20-22-39(23-21-35)46-29-12-10-8-6-5-7-9-11-13-37-30-33-14-15-38(37)31-33/h14-27,32-33,37-38H,3-13,28-31H2,1-2H3/t32-,33?,37?,38?/m1/s1. The molecular formula is C43H54O6. The van der Waals surface area contributed by atoms with Crippen molar-refractivity contribution in [1.82, 2.24) is 0 Å². The summed E-state index contributed by atoms with van der Waals surface area (Å²) in [5, 5.41) is 0. The number of hydrogen-bond donors (Lipinski definition) is 0. The molecule has 2 aliphatic carbocycles. The summed E-state index contributed by atoms with van der Waals surface area (Å²) < 4.78 is 22.4. The van der Waals surface area contributed by atoms with Crippen molar-refractivity contribution in [3.63, 3.8) is 0 Å². The highest BCUT2D eigenvalue weighted by atomic mass is 16.6. The van der Waals surface area contributed by atoms with Crippen LogP contribution in [0.1, 0.15) is 108 Å². The van der Waals surface area contributed by atoms with Gasteiger partial charge in [-0.3, -0.25) is 0 Å². The van der Waals surface area contributed by atoms with Crippen LogP contribution in [0.15, 0.2) is 84.9 Å². The van der Waals surface area contributed by atoms with E-state index in [9.17, 15) is 9.59 Å². The molecule has 1 fully saturated rings. The highest BCUT2D eigenvalue weighted by molar-refractivity contribution is 5.91. The zero-order valence-electron chi connectivity index (χ0n) is 29.4. The molecule has 0 amide bonds. The third kappa shape index (κ3) is 11.5. The number of carbonyl (C=O) groups is 2. The number of esters is 2. The minimum absolute atomic E-state index is 0.389. The van der Waals surface area contributed by atoms with Crippen LogP contribution in [0.2, 0.25) is 0 Å². The van der Waals surface area contributed by atoms with Gasteiger partial charge in [-0.25, -0.2) is 9.59 Å². The first kappa shape index (κ1) is 36.2. The fraction of sp³-hybridized carbons (Fsp3) is 0.488. The number of hydrogen-bond acceptors (Lipinski definition) is 6. The number of rotatable bonds is 21. The lowest BCUT2D eigenvalue weighted by Gasteiger charge is -2.17. The van der Waals surface area contributed by atoms with Crippen molar-refractivity contribution in [2.45, 2.75) is 103 Å². The Morgan fingerprint density at radius 3 is 1.92 bits per heavy atom. The van der Waals surface area contributed by atoms with Gasteiger partial charge >= 0.3 is 11.9 Å². The monoisotopic (exact) mass is 666 g/mol. The van der Waals surface area contributed by atoms with Crippen LogP contribution in [0.5, 0.6) is 17.2 Å². The fourth-order valence-corrected chi connectivity index (χ4v) is 6.97. The molecule has 0 radical (unpaired) electrons. The molecule has 0 saturated heterocycles. The Morgan fingerprint density at radius 1 is 0.673 bits per heavy atom. The molecule has 6 nitrogen and oxygen atoms in total. The summed E-state index contributed by atoms with van der Waals surface area (Å²) in [6.07, 6.45) is 20.9. The Kier molecular flexibility index (Phi) is 14.2. The van der Waals surface area contributed by atoms with Crippen molar-refractivity contribution in [1.29, 1.82) is 0 Å². The van der Waals surface area contributed by atoms with Crippen molar-refractivity contribution in [3.05, 3.63) is 90.5 Å². The molecule has 0 heterocycles. The molecule has 3 aromatic carbocycles. The number of unbranched alkanes of at least 4 members (excludes halogenated alkanes) is 8. The zero-order valence-corrected chi connectivity index (χ0v) is 29.4. The maximum absolute atomic E-state index is 12.7. The normalized spacial score (nSPS) is 18.3. The van der Waals surface area contributed by atoms with E-state index in [0.717, 1.165) is 60.5 Å². The predicted molar refractivity (Wildman–Crippen MR) is 195 cm³/mol. The van der Waals surface area contributed by atoms with Gasteiger partial charge < -0.3 is 18.9 Å². The molecule has 3 unspecified atom stereocenters. The van der Waals surface area contributed by atoms with E-state index in [4.69, 9.17) is 18.9 Å². The molecule has 0 aliphatic heterocycles. The third-order valence-corrected chi connectivity index (χ3v) is 9.88. The Balaban J connectivity index is 0.930. The molecule has 0 spiro atoms. The molecule has 2 bridgehead atoms. The Hall–Kier alpha value is -4.06. The fourth-order valence-electron chi connectivity index (χ4n) is 6.97. The van der Waals surface area contributed by atoms with Crippen LogP contribution in [0.3, 0.4) is 0 Å². The predicted octanol–water partition coefficient (Wildman–Crippen LogP) is 10.8. The van der Waals surface area contributed by atoms with Gasteiger partial charge in [0.15, 0.2) is 6.10 Å². The van der Waals surface area contributed by atoms with E-state index in [1.165, 1.54) is 64.2 Å². The van der Waals surface area contributed by atoms with Gasteiger partial charge in [0.25, 0.3) is 0 Å². The molecule has 5 rings (SSSR count). The molecular weight excluding hydrogens is 612 g/mol. The second kappa shape index (κ2) is 19.2. The van der Waals surface area contributed by atoms with Crippen LogP contribution in [0.25, 0.3) is 11.1 Å². The SMILES string of the molecule is CCCCOC(=O)[C@@H](C)Oc1ccc(OC(=O)c2ccc(-c3ccc(OCCCCCCCCCCC4CC5C=CC4C5)cc3)cc2)cc1. The van der Waals surface area contributed by atoms with Gasteiger partial charge in [0.1, 0.15) is 17.2 Å². The van der Waals surface area contributed by atoms with Crippen molar-refractivity contribution in [2.75, 3.05) is 13.2 Å². The van der Waals surface area contributed by atoms with Crippen molar-refractivity contribution in [2.24, 2.45) is 17.8 Å². The van der Waals surface area contributed by atoms with E-state index >= 15 is 0 Å². The lowest BCUT2D eigenvalue weighted by Crippen LogP contribution is -2.26. The second-order valence-corrected chi connectivity index (χ2v) is 13.7. The number of ether oxygens (including phenoxy) is 4. The Labute approximate surface area is 293 Å². The van der Waals surface area contributed by atoms with E-state index in [1.807, 2.05) is 43.3 Å². The van der Waals surface area contributed by atoms with Gasteiger partial charge in [-0.15, -0.1) is 0 Å². The van der Waals surface area contributed by atoms with Crippen LogP contribution < -0.4 is 14.2 Å². The zero-order chi connectivity index (χ0) is 34.3. The van der Waals surface area contributed by atoms with Gasteiger partial charge in [-0.05, 0) is 116 Å². The first-order valence-corrected chi connectivity index (χ1v) is 18.7. The topological polar surface area (TPSA) is 71.1 Å². The first-order valence-electron chi connectivity index (χ1n) is 18.7. The summed E-state index contributed by atoms with van der Waals surface area (Å²) in [4.78, 5) is 24.8. The Bertz CT molecular complexity index is 1460. The van der Waals surface area contributed by atoms with Crippen LogP contribution in [0, 0.1) is 17.8 Å². The van der Waals surface area contributed by atoms with E-state index in [1.54, 1.807) is 43.3 Å². The minimum atomic E-state index is -0.726. The van der Waals surface area contributed by atoms with E-state index in [-0.39, 0.29) is 0 Å². The summed E-state index contributed by atoms with van der Waals surface area (Å²) in [6.45, 7) is 4.82. The second-order valence-electron chi connectivity index (χ2n) is 13.7. The van der Waals surface area contributed by atoms with Crippen LogP contribution in [-0.2, 0) is 9.53 Å². The first-order chi connectivity index (χ1) is 24.0. The maximum Gasteiger partial charge on any atom is 0.347 e. The minimum Gasteiger partial charge on any atom is -0.494 e. The van der Waals surface area contributed by atoms with Crippen LogP contribution in [-0.4, -0.2) is 31.3 Å². The third-order valence-electron chi connectivity index (χ3n) is 9.88. The molecule has 0 N–H and O–H groups in total. The lowest BCUT2D eigenvalue weighted by molar-refractivity contribution is -0.151. The number of fused-ring (bicyclic) bond motifs is 2. The van der Waals surface area contributed by atoms with Gasteiger partial charge in [-0.1, -0.05) is 94.7 Å². The van der Waals surface area contributed by atoms with Crippen LogP contribution >= 0.6 is 0 Å². The number of benzene rings is 3. The molecule has 6 heteroatoms. The summed E-state index contributed by atoms with van der Waals surface area (Å²) in [5.41, 5.74) is 2.52. The maximum atomic E-state index is 12.7. The molecule has 4 atom stereocenters. The van der Waals surface area contributed by atoms with Crippen molar-refractivity contribution < 1.29 is 28.5 Å². The van der Waals surface area contributed by atoms with E-state index in [0.29, 0.717) is 23.7 Å². The van der Waals surface area contributed by atoms with Gasteiger partial charge in [0, 0.05) is 0 Å². The molecule has 2 aliphatic rings. The summed E-state index contributed by atoms with van der Waals surface area (Å²) in [6, 6.07) is 22.1. The number of allylic oxidation sites excluding steroid dienone is 2. The molecule has 3 aromatic rings. The largest absolute Gasteiger partial charge is 0.494 e. The molecule has 1 saturated carbocycles. The number of carbonyl (C=O) groups excluding carboxylic acids is 2. The quantitative estimate of drug-likeness (QED) is 0.0488. The average molecular weight is 667 g/mol. The molecule has 49 heavy (non-hydrogen) atoms. The van der Waals surface area contributed by atoms with Crippen LogP contribution in [0.4, 0.5) is 0 Å². The van der Waals surface area contributed by atoms with Gasteiger partial charge in [0.05, 0.1) is 18.8 Å². The summed E-state index contributed by atoms with van der Waals surface area (Å²) in [7, 11) is 0.